The normalized spacial score (nSPS) is 20.5. The molecule has 120 valence electrons. The lowest BCUT2D eigenvalue weighted by molar-refractivity contribution is -0.00167. The highest BCUT2D eigenvalue weighted by molar-refractivity contribution is 7.89. The summed E-state index contributed by atoms with van der Waals surface area (Å²) in [5.74, 6) is 0.0145. The fourth-order valence-electron chi connectivity index (χ4n) is 2.63. The SMILES string of the molecule is COCCS(=O)(=O)N1CCO[C@H](c2csc3ccccc23)C1. The Kier molecular flexibility index (Phi) is 4.79. The Bertz CT molecular complexity index is 741. The monoisotopic (exact) mass is 341 g/mol. The lowest BCUT2D eigenvalue weighted by Crippen LogP contribution is -2.43. The van der Waals surface area contributed by atoms with Crippen molar-refractivity contribution >= 4 is 31.4 Å². The fourth-order valence-corrected chi connectivity index (χ4v) is 4.99. The van der Waals surface area contributed by atoms with Crippen LogP contribution in [-0.2, 0) is 19.5 Å². The highest BCUT2D eigenvalue weighted by Gasteiger charge is 2.31. The number of hydrogen-bond acceptors (Lipinski definition) is 5. The third kappa shape index (κ3) is 3.18. The van der Waals surface area contributed by atoms with Crippen LogP contribution in [0.4, 0.5) is 0 Å². The zero-order valence-corrected chi connectivity index (χ0v) is 14.0. The van der Waals surface area contributed by atoms with Crippen LogP contribution >= 0.6 is 11.3 Å². The van der Waals surface area contributed by atoms with Gasteiger partial charge >= 0.3 is 0 Å². The molecule has 0 spiro atoms. The Morgan fingerprint density at radius 1 is 1.41 bits per heavy atom. The minimum atomic E-state index is -3.29. The topological polar surface area (TPSA) is 55.8 Å². The molecule has 2 aromatic rings. The van der Waals surface area contributed by atoms with Gasteiger partial charge in [0.2, 0.25) is 10.0 Å². The van der Waals surface area contributed by atoms with Crippen molar-refractivity contribution in [3.05, 3.63) is 35.2 Å². The molecule has 0 unspecified atom stereocenters. The largest absolute Gasteiger partial charge is 0.384 e. The minimum Gasteiger partial charge on any atom is -0.384 e. The summed E-state index contributed by atoms with van der Waals surface area (Å²) >= 11 is 1.66. The second-order valence-electron chi connectivity index (χ2n) is 5.21. The van der Waals surface area contributed by atoms with Crippen molar-refractivity contribution in [3.63, 3.8) is 0 Å². The standard InChI is InChI=1S/C15H19NO4S2/c1-19-8-9-22(17,18)16-6-7-20-14(10-16)13-11-21-15-5-3-2-4-12(13)15/h2-5,11,14H,6-10H2,1H3/t14-/m0/s1. The fraction of sp³-hybridized carbons (Fsp3) is 0.467. The average molecular weight is 341 g/mol. The van der Waals surface area contributed by atoms with E-state index in [4.69, 9.17) is 9.47 Å². The molecular weight excluding hydrogens is 322 g/mol. The van der Waals surface area contributed by atoms with Gasteiger partial charge in [0.25, 0.3) is 0 Å². The number of nitrogens with zero attached hydrogens (tertiary/aromatic N) is 1. The zero-order valence-electron chi connectivity index (χ0n) is 12.4. The summed E-state index contributed by atoms with van der Waals surface area (Å²) in [6, 6.07) is 8.13. The molecule has 0 saturated carbocycles. The van der Waals surface area contributed by atoms with Crippen molar-refractivity contribution < 1.29 is 17.9 Å². The minimum absolute atomic E-state index is 0.0145. The molecule has 1 fully saturated rings. The van der Waals surface area contributed by atoms with Gasteiger partial charge in [0.05, 0.1) is 25.1 Å². The van der Waals surface area contributed by atoms with Crippen molar-refractivity contribution in [3.8, 4) is 0 Å². The Balaban J connectivity index is 1.81. The predicted octanol–water partition coefficient (Wildman–Crippen LogP) is 2.25. The molecule has 7 heteroatoms. The van der Waals surface area contributed by atoms with E-state index in [1.807, 2.05) is 12.1 Å². The van der Waals surface area contributed by atoms with Crippen LogP contribution < -0.4 is 0 Å². The van der Waals surface area contributed by atoms with Gasteiger partial charge in [-0.1, -0.05) is 18.2 Å². The van der Waals surface area contributed by atoms with Crippen molar-refractivity contribution in [2.24, 2.45) is 0 Å². The molecular formula is C15H19NO4S2. The summed E-state index contributed by atoms with van der Waals surface area (Å²) in [6.07, 6.45) is -0.206. The molecule has 1 saturated heterocycles. The van der Waals surface area contributed by atoms with Crippen molar-refractivity contribution in [1.82, 2.24) is 4.31 Å². The maximum absolute atomic E-state index is 12.3. The lowest BCUT2D eigenvalue weighted by Gasteiger charge is -2.32. The van der Waals surface area contributed by atoms with E-state index in [-0.39, 0.29) is 18.5 Å². The molecule has 1 aliphatic heterocycles. The molecule has 0 bridgehead atoms. The molecule has 0 radical (unpaired) electrons. The number of rotatable bonds is 5. The second-order valence-corrected chi connectivity index (χ2v) is 8.21. The van der Waals surface area contributed by atoms with Crippen LogP contribution in [0.5, 0.6) is 0 Å². The van der Waals surface area contributed by atoms with E-state index < -0.39 is 10.0 Å². The molecule has 5 nitrogen and oxygen atoms in total. The smallest absolute Gasteiger partial charge is 0.216 e. The summed E-state index contributed by atoms with van der Waals surface area (Å²) < 4.78 is 38.1. The number of methoxy groups -OCH3 is 1. The van der Waals surface area contributed by atoms with Gasteiger partial charge in [-0.2, -0.15) is 4.31 Å². The summed E-state index contributed by atoms with van der Waals surface area (Å²) in [4.78, 5) is 0. The average Bonchev–Trinajstić information content (AvgIpc) is 2.97. The van der Waals surface area contributed by atoms with E-state index in [9.17, 15) is 8.42 Å². The first-order valence-electron chi connectivity index (χ1n) is 7.16. The number of ether oxygens (including phenoxy) is 2. The number of sulfonamides is 1. The van der Waals surface area contributed by atoms with Gasteiger partial charge in [-0.25, -0.2) is 8.42 Å². The first-order valence-corrected chi connectivity index (χ1v) is 9.65. The highest BCUT2D eigenvalue weighted by Crippen LogP contribution is 2.34. The zero-order chi connectivity index (χ0) is 15.6. The van der Waals surface area contributed by atoms with Crippen molar-refractivity contribution in [2.45, 2.75) is 6.10 Å². The van der Waals surface area contributed by atoms with Gasteiger partial charge in [0.1, 0.15) is 0 Å². The highest BCUT2D eigenvalue weighted by atomic mass is 32.2. The van der Waals surface area contributed by atoms with Gasteiger partial charge < -0.3 is 9.47 Å². The van der Waals surface area contributed by atoms with Crippen LogP contribution in [0.1, 0.15) is 11.7 Å². The van der Waals surface area contributed by atoms with E-state index in [0.29, 0.717) is 19.7 Å². The number of benzene rings is 1. The lowest BCUT2D eigenvalue weighted by atomic mass is 10.1. The van der Waals surface area contributed by atoms with E-state index in [1.54, 1.807) is 11.3 Å². The molecule has 0 amide bonds. The van der Waals surface area contributed by atoms with Crippen LogP contribution in [0.15, 0.2) is 29.6 Å². The summed E-state index contributed by atoms with van der Waals surface area (Å²) in [5.41, 5.74) is 1.08. The molecule has 1 atom stereocenters. The summed E-state index contributed by atoms with van der Waals surface area (Å²) in [6.45, 7) is 1.41. The Morgan fingerprint density at radius 2 is 2.23 bits per heavy atom. The molecule has 2 heterocycles. The van der Waals surface area contributed by atoms with E-state index in [1.165, 1.54) is 16.1 Å². The van der Waals surface area contributed by atoms with Gasteiger partial charge in [0, 0.05) is 30.5 Å². The van der Waals surface area contributed by atoms with E-state index >= 15 is 0 Å². The van der Waals surface area contributed by atoms with Crippen LogP contribution in [0.25, 0.3) is 10.1 Å². The number of hydrogen-bond donors (Lipinski definition) is 0. The molecule has 0 N–H and O–H groups in total. The Morgan fingerprint density at radius 3 is 3.05 bits per heavy atom. The Hall–Kier alpha value is -0.990. The molecule has 1 aromatic carbocycles. The Labute approximate surface area is 134 Å². The van der Waals surface area contributed by atoms with Gasteiger partial charge in [-0.15, -0.1) is 11.3 Å². The van der Waals surface area contributed by atoms with Crippen LogP contribution in [0, 0.1) is 0 Å². The van der Waals surface area contributed by atoms with Crippen molar-refractivity contribution in [1.29, 1.82) is 0 Å². The van der Waals surface area contributed by atoms with Crippen molar-refractivity contribution in [2.75, 3.05) is 39.2 Å². The van der Waals surface area contributed by atoms with Crippen LogP contribution in [0.2, 0.25) is 0 Å². The van der Waals surface area contributed by atoms with Crippen LogP contribution in [0.3, 0.4) is 0 Å². The maximum atomic E-state index is 12.3. The molecule has 22 heavy (non-hydrogen) atoms. The summed E-state index contributed by atoms with van der Waals surface area (Å²) in [7, 11) is -1.78. The van der Waals surface area contributed by atoms with E-state index in [2.05, 4.69) is 17.5 Å². The van der Waals surface area contributed by atoms with Gasteiger partial charge in [-0.3, -0.25) is 0 Å². The van der Waals surface area contributed by atoms with Gasteiger partial charge in [0.15, 0.2) is 0 Å². The molecule has 1 aliphatic rings. The first-order chi connectivity index (χ1) is 10.6. The molecule has 1 aromatic heterocycles. The predicted molar refractivity (Wildman–Crippen MR) is 87.8 cm³/mol. The quantitative estimate of drug-likeness (QED) is 0.837. The number of morpholine rings is 1. The number of thiophene rings is 1. The second kappa shape index (κ2) is 6.64. The summed E-state index contributed by atoms with van der Waals surface area (Å²) in [5, 5.41) is 3.22. The number of fused-ring (bicyclic) bond motifs is 1. The van der Waals surface area contributed by atoms with Gasteiger partial charge in [-0.05, 0) is 16.8 Å². The third-order valence-corrected chi connectivity index (χ3v) is 6.61. The first kappa shape index (κ1) is 15.9. The third-order valence-electron chi connectivity index (χ3n) is 3.83. The molecule has 3 rings (SSSR count). The van der Waals surface area contributed by atoms with Crippen LogP contribution in [-0.4, -0.2) is 51.9 Å². The van der Waals surface area contributed by atoms with E-state index in [0.717, 1.165) is 10.9 Å². The maximum Gasteiger partial charge on any atom is 0.216 e. The molecule has 0 aliphatic carbocycles.